The van der Waals surface area contributed by atoms with E-state index in [2.05, 4.69) is 4.18 Å². The maximum atomic E-state index is 12.3. The highest BCUT2D eigenvalue weighted by Gasteiger charge is 2.49. The van der Waals surface area contributed by atoms with Crippen molar-refractivity contribution in [2.24, 2.45) is 0 Å². The number of hydrogen-bond donors (Lipinski definition) is 0. The van der Waals surface area contributed by atoms with Crippen molar-refractivity contribution < 1.29 is 25.8 Å². The first-order valence-electron chi connectivity index (χ1n) is 5.01. The molecule has 2 rings (SSSR count). The number of alkyl halides is 3. The minimum Gasteiger partial charge on any atom is -0.375 e. The van der Waals surface area contributed by atoms with E-state index in [1.165, 1.54) is 6.07 Å². The summed E-state index contributed by atoms with van der Waals surface area (Å²) in [4.78, 5) is 0. The minimum atomic E-state index is -5.61. The van der Waals surface area contributed by atoms with E-state index >= 15 is 0 Å². The topological polar surface area (TPSA) is 43.4 Å². The summed E-state index contributed by atoms with van der Waals surface area (Å²) < 4.78 is 63.0. The van der Waals surface area contributed by atoms with Crippen LogP contribution >= 0.6 is 0 Å². The van der Waals surface area contributed by atoms with Crippen LogP contribution in [0.3, 0.4) is 0 Å². The average Bonchev–Trinajstić information content (AvgIpc) is 2.54. The monoisotopic (exact) mass is 278 g/mol. The normalized spacial score (nSPS) is 15.8. The Morgan fingerprint density at radius 1 is 1.22 bits per heavy atom. The van der Waals surface area contributed by atoms with Gasteiger partial charge in [0, 0.05) is 5.56 Å². The highest BCUT2D eigenvalue weighted by Crippen LogP contribution is 2.37. The minimum absolute atomic E-state index is 0.220. The molecule has 0 atom stereocenters. The van der Waals surface area contributed by atoms with Gasteiger partial charge in [0.05, 0.1) is 0 Å². The van der Waals surface area contributed by atoms with E-state index in [1.54, 1.807) is 25.1 Å². The molecule has 1 aromatic carbocycles. The predicted octanol–water partition coefficient (Wildman–Crippen LogP) is 2.84. The molecule has 0 amide bonds. The SMILES string of the molecule is CC1=C(OS(=O)(=O)C(F)(F)F)c2ccccc2C1. The van der Waals surface area contributed by atoms with Crippen LogP contribution in [-0.2, 0) is 20.7 Å². The van der Waals surface area contributed by atoms with Gasteiger partial charge in [-0.05, 0) is 24.5 Å². The van der Waals surface area contributed by atoms with Crippen LogP contribution in [0, 0.1) is 0 Å². The van der Waals surface area contributed by atoms with E-state index in [9.17, 15) is 21.6 Å². The average molecular weight is 278 g/mol. The summed E-state index contributed by atoms with van der Waals surface area (Å²) in [5.41, 5.74) is -3.81. The van der Waals surface area contributed by atoms with Crippen LogP contribution in [0.2, 0.25) is 0 Å². The second-order valence-corrected chi connectivity index (χ2v) is 5.46. The summed E-state index contributed by atoms with van der Waals surface area (Å²) in [5.74, 6) is -0.220. The van der Waals surface area contributed by atoms with Crippen LogP contribution in [0.25, 0.3) is 5.76 Å². The molecule has 0 spiro atoms. The second-order valence-electron chi connectivity index (χ2n) is 3.93. The molecule has 0 saturated heterocycles. The summed E-state index contributed by atoms with van der Waals surface area (Å²) in [6.07, 6.45) is 0.388. The van der Waals surface area contributed by atoms with Crippen LogP contribution in [0.15, 0.2) is 29.8 Å². The molecule has 3 nitrogen and oxygen atoms in total. The third-order valence-electron chi connectivity index (χ3n) is 2.58. The van der Waals surface area contributed by atoms with Crippen molar-refractivity contribution >= 4 is 15.9 Å². The van der Waals surface area contributed by atoms with E-state index in [0.717, 1.165) is 5.56 Å². The van der Waals surface area contributed by atoms with Gasteiger partial charge in [-0.25, -0.2) is 0 Å². The molecule has 0 fully saturated rings. The summed E-state index contributed by atoms with van der Waals surface area (Å²) in [5, 5.41) is 0. The first kappa shape index (κ1) is 12.9. The molecule has 0 radical (unpaired) electrons. The lowest BCUT2D eigenvalue weighted by atomic mass is 10.1. The molecule has 0 bridgehead atoms. The molecule has 1 aliphatic carbocycles. The lowest BCUT2D eigenvalue weighted by Crippen LogP contribution is -2.25. The smallest absolute Gasteiger partial charge is 0.375 e. The van der Waals surface area contributed by atoms with Crippen molar-refractivity contribution in [2.45, 2.75) is 18.9 Å². The Morgan fingerprint density at radius 3 is 2.44 bits per heavy atom. The van der Waals surface area contributed by atoms with Gasteiger partial charge < -0.3 is 4.18 Å². The number of benzene rings is 1. The van der Waals surface area contributed by atoms with Gasteiger partial charge in [-0.3, -0.25) is 0 Å². The molecule has 0 N–H and O–H groups in total. The Bertz CT molecular complexity index is 615. The maximum absolute atomic E-state index is 12.3. The van der Waals surface area contributed by atoms with Crippen molar-refractivity contribution in [1.29, 1.82) is 0 Å². The first-order valence-corrected chi connectivity index (χ1v) is 6.42. The van der Waals surface area contributed by atoms with Crippen molar-refractivity contribution in [2.75, 3.05) is 0 Å². The summed E-state index contributed by atoms with van der Waals surface area (Å²) in [6.45, 7) is 1.54. The summed E-state index contributed by atoms with van der Waals surface area (Å²) in [6, 6.07) is 6.59. The van der Waals surface area contributed by atoms with Crippen LogP contribution in [0.4, 0.5) is 13.2 Å². The first-order chi connectivity index (χ1) is 8.22. The lowest BCUT2D eigenvalue weighted by Gasteiger charge is -2.11. The Morgan fingerprint density at radius 2 is 1.83 bits per heavy atom. The van der Waals surface area contributed by atoms with Crippen molar-refractivity contribution in [3.63, 3.8) is 0 Å². The molecule has 7 heteroatoms. The Hall–Kier alpha value is -1.50. The van der Waals surface area contributed by atoms with E-state index in [-0.39, 0.29) is 5.76 Å². The maximum Gasteiger partial charge on any atom is 0.534 e. The van der Waals surface area contributed by atoms with Gasteiger partial charge >= 0.3 is 15.6 Å². The van der Waals surface area contributed by atoms with Gasteiger partial charge in [0.25, 0.3) is 0 Å². The van der Waals surface area contributed by atoms with Crippen LogP contribution in [0.5, 0.6) is 0 Å². The number of rotatable bonds is 2. The number of halogens is 3. The number of allylic oxidation sites excluding steroid dienone is 1. The highest BCUT2D eigenvalue weighted by molar-refractivity contribution is 7.87. The van der Waals surface area contributed by atoms with Crippen LogP contribution in [0.1, 0.15) is 18.1 Å². The molecule has 18 heavy (non-hydrogen) atoms. The predicted molar refractivity (Wildman–Crippen MR) is 58.8 cm³/mol. The standard InChI is InChI=1S/C11H9F3O3S/c1-7-6-8-4-2-3-5-9(8)10(7)17-18(15,16)11(12,13)14/h2-5H,6H2,1H3. The molecular weight excluding hydrogens is 269 g/mol. The Balaban J connectivity index is 2.40. The van der Waals surface area contributed by atoms with Gasteiger partial charge in [-0.2, -0.15) is 21.6 Å². The largest absolute Gasteiger partial charge is 0.534 e. The fourth-order valence-corrected chi connectivity index (χ4v) is 2.31. The second kappa shape index (κ2) is 4.01. The molecular formula is C11H9F3O3S. The molecule has 1 aromatic rings. The molecule has 0 heterocycles. The summed E-state index contributed by atoms with van der Waals surface area (Å²) in [7, 11) is -5.61. The molecule has 98 valence electrons. The number of hydrogen-bond acceptors (Lipinski definition) is 3. The molecule has 0 unspecified atom stereocenters. The van der Waals surface area contributed by atoms with Gasteiger partial charge in [0.1, 0.15) is 5.76 Å². The fraction of sp³-hybridized carbons (Fsp3) is 0.273. The summed E-state index contributed by atoms with van der Waals surface area (Å²) >= 11 is 0. The fourth-order valence-electron chi connectivity index (χ4n) is 1.76. The lowest BCUT2D eigenvalue weighted by molar-refractivity contribution is -0.0509. The zero-order chi connectivity index (χ0) is 13.6. The van der Waals surface area contributed by atoms with Crippen LogP contribution in [-0.4, -0.2) is 13.9 Å². The molecule has 1 aliphatic rings. The van der Waals surface area contributed by atoms with Gasteiger partial charge in [-0.1, -0.05) is 24.3 Å². The van der Waals surface area contributed by atoms with Crippen molar-refractivity contribution in [1.82, 2.24) is 0 Å². The molecule has 0 aromatic heterocycles. The molecule has 0 aliphatic heterocycles. The van der Waals surface area contributed by atoms with Gasteiger partial charge in [0.15, 0.2) is 0 Å². The number of fused-ring (bicyclic) bond motifs is 1. The van der Waals surface area contributed by atoms with Crippen molar-refractivity contribution in [3.8, 4) is 0 Å². The van der Waals surface area contributed by atoms with Crippen LogP contribution < -0.4 is 0 Å². The third-order valence-corrected chi connectivity index (χ3v) is 3.53. The zero-order valence-corrected chi connectivity index (χ0v) is 10.1. The Labute approximate surface area is 102 Å². The van der Waals surface area contributed by atoms with E-state index < -0.39 is 15.6 Å². The van der Waals surface area contributed by atoms with Gasteiger partial charge in [0.2, 0.25) is 0 Å². The van der Waals surface area contributed by atoms with E-state index in [4.69, 9.17) is 0 Å². The quantitative estimate of drug-likeness (QED) is 0.617. The van der Waals surface area contributed by atoms with E-state index in [1.807, 2.05) is 0 Å². The highest BCUT2D eigenvalue weighted by atomic mass is 32.2. The van der Waals surface area contributed by atoms with Crippen molar-refractivity contribution in [3.05, 3.63) is 41.0 Å². The Kier molecular flexibility index (Phi) is 2.89. The van der Waals surface area contributed by atoms with Gasteiger partial charge in [-0.15, -0.1) is 0 Å². The molecule has 0 saturated carbocycles. The third kappa shape index (κ3) is 2.10. The zero-order valence-electron chi connectivity index (χ0n) is 9.28. The van der Waals surface area contributed by atoms with E-state index in [0.29, 0.717) is 17.6 Å².